The van der Waals surface area contributed by atoms with Gasteiger partial charge in [0.1, 0.15) is 5.37 Å². The van der Waals surface area contributed by atoms with Crippen LogP contribution in [0, 0.1) is 5.41 Å². The van der Waals surface area contributed by atoms with E-state index in [4.69, 9.17) is 0 Å². The molecule has 0 spiro atoms. The molecule has 1 aliphatic heterocycles. The number of nitrogens with zero attached hydrogens (tertiary/aromatic N) is 1. The highest BCUT2D eigenvalue weighted by molar-refractivity contribution is 9.09. The quantitative estimate of drug-likeness (QED) is 0.600. The first-order chi connectivity index (χ1) is 9.38. The molecule has 120 valence electrons. The molecule has 6 heteroatoms. The molecule has 0 aromatic rings. The molecule has 0 aromatic carbocycles. The van der Waals surface area contributed by atoms with E-state index >= 15 is 0 Å². The lowest BCUT2D eigenvalue weighted by molar-refractivity contribution is 0.144. The van der Waals surface area contributed by atoms with Gasteiger partial charge >= 0.3 is 0 Å². The van der Waals surface area contributed by atoms with Crippen molar-refractivity contribution in [3.8, 4) is 0 Å². The van der Waals surface area contributed by atoms with E-state index < -0.39 is 9.84 Å². The summed E-state index contributed by atoms with van der Waals surface area (Å²) in [5.74, 6) is 1.76. The summed E-state index contributed by atoms with van der Waals surface area (Å²) in [4.78, 5) is 2.22. The van der Waals surface area contributed by atoms with Crippen LogP contribution < -0.4 is 0 Å². The van der Waals surface area contributed by atoms with Gasteiger partial charge in [-0.05, 0) is 18.3 Å². The summed E-state index contributed by atoms with van der Waals surface area (Å²) in [6, 6.07) is 0. The fraction of sp³-hybridized carbons (Fsp3) is 1.00. The molecule has 0 aliphatic carbocycles. The monoisotopic (exact) mass is 385 g/mol. The summed E-state index contributed by atoms with van der Waals surface area (Å²) >= 11 is 5.45. The molecule has 3 nitrogen and oxygen atoms in total. The largest absolute Gasteiger partial charge is 0.285 e. The zero-order valence-electron chi connectivity index (χ0n) is 12.9. The number of hydrogen-bond acceptors (Lipinski definition) is 4. The summed E-state index contributed by atoms with van der Waals surface area (Å²) in [6.45, 7) is 6.23. The van der Waals surface area contributed by atoms with Crippen molar-refractivity contribution in [3.05, 3.63) is 0 Å². The van der Waals surface area contributed by atoms with Gasteiger partial charge < -0.3 is 0 Å². The Bertz CT molecular complexity index is 381. The van der Waals surface area contributed by atoms with E-state index in [1.807, 2.05) is 0 Å². The van der Waals surface area contributed by atoms with Crippen molar-refractivity contribution in [1.82, 2.24) is 4.90 Å². The van der Waals surface area contributed by atoms with Crippen LogP contribution in [0.2, 0.25) is 0 Å². The van der Waals surface area contributed by atoms with Crippen molar-refractivity contribution >= 4 is 37.5 Å². The topological polar surface area (TPSA) is 37.4 Å². The Kier molecular flexibility index (Phi) is 7.88. The van der Waals surface area contributed by atoms with E-state index in [0.29, 0.717) is 0 Å². The average molecular weight is 386 g/mol. The number of hydrogen-bond donors (Lipinski definition) is 0. The molecular formula is C14H28BrNO2S2. The van der Waals surface area contributed by atoms with Crippen LogP contribution in [0.3, 0.4) is 0 Å². The third kappa shape index (κ3) is 5.18. The molecule has 20 heavy (non-hydrogen) atoms. The summed E-state index contributed by atoms with van der Waals surface area (Å²) in [6.07, 6.45) is 6.00. The highest BCUT2D eigenvalue weighted by Crippen LogP contribution is 2.35. The third-order valence-corrected chi connectivity index (χ3v) is 7.94. The van der Waals surface area contributed by atoms with E-state index in [9.17, 15) is 8.42 Å². The number of thioether (sulfide) groups is 1. The van der Waals surface area contributed by atoms with Crippen molar-refractivity contribution in [2.24, 2.45) is 5.41 Å². The molecular weight excluding hydrogens is 358 g/mol. The molecule has 0 saturated carbocycles. The fourth-order valence-corrected chi connectivity index (χ4v) is 6.82. The number of rotatable bonds is 8. The Morgan fingerprint density at radius 2 is 1.90 bits per heavy atom. The van der Waals surface area contributed by atoms with Gasteiger partial charge in [-0.3, -0.25) is 4.90 Å². The van der Waals surface area contributed by atoms with Crippen LogP contribution in [0.1, 0.15) is 39.5 Å². The minimum atomic E-state index is -3.00. The van der Waals surface area contributed by atoms with E-state index in [2.05, 4.69) is 34.7 Å². The Morgan fingerprint density at radius 3 is 2.35 bits per heavy atom. The zero-order valence-corrected chi connectivity index (χ0v) is 16.1. The van der Waals surface area contributed by atoms with E-state index in [1.54, 1.807) is 11.8 Å². The molecule has 1 aliphatic rings. The molecule has 0 radical (unpaired) electrons. The van der Waals surface area contributed by atoms with Crippen LogP contribution >= 0.6 is 27.7 Å². The van der Waals surface area contributed by atoms with Crippen molar-refractivity contribution in [1.29, 1.82) is 0 Å². The SMILES string of the molecule is CCCC(CBr)(CCC)CN1CCSCC1S(C)(=O)=O. The van der Waals surface area contributed by atoms with E-state index in [0.717, 1.165) is 55.6 Å². The van der Waals surface area contributed by atoms with Crippen molar-refractivity contribution in [2.75, 3.05) is 36.2 Å². The molecule has 1 unspecified atom stereocenters. The smallest absolute Gasteiger partial charge is 0.164 e. The molecule has 1 heterocycles. The lowest BCUT2D eigenvalue weighted by Gasteiger charge is -2.42. The second-order valence-corrected chi connectivity index (χ2v) is 9.88. The second-order valence-electron chi connectivity index (χ2n) is 5.96. The van der Waals surface area contributed by atoms with Crippen molar-refractivity contribution in [3.63, 3.8) is 0 Å². The maximum Gasteiger partial charge on any atom is 0.164 e. The predicted octanol–water partition coefficient (Wildman–Crippen LogP) is 3.39. The Balaban J connectivity index is 2.88. The highest BCUT2D eigenvalue weighted by Gasteiger charge is 2.37. The first-order valence-electron chi connectivity index (χ1n) is 7.45. The maximum absolute atomic E-state index is 12.0. The molecule has 0 N–H and O–H groups in total. The van der Waals surface area contributed by atoms with Crippen LogP contribution in [-0.4, -0.2) is 54.9 Å². The summed E-state index contributed by atoms with van der Waals surface area (Å²) in [7, 11) is -3.00. The minimum absolute atomic E-state index is 0.217. The van der Waals surface area contributed by atoms with Gasteiger partial charge in [0, 0.05) is 36.2 Å². The number of sulfone groups is 1. The standard InChI is InChI=1S/C14H28BrNO2S2/c1-4-6-14(11-15,7-5-2)12-16-8-9-19-10-13(16)20(3,17)18/h13H,4-12H2,1-3H3. The molecule has 0 bridgehead atoms. The Morgan fingerprint density at radius 1 is 1.30 bits per heavy atom. The minimum Gasteiger partial charge on any atom is -0.285 e. The zero-order chi connectivity index (χ0) is 15.2. The van der Waals surface area contributed by atoms with Crippen LogP contribution in [0.15, 0.2) is 0 Å². The fourth-order valence-electron chi connectivity index (χ4n) is 3.14. The molecule has 1 saturated heterocycles. The van der Waals surface area contributed by atoms with Gasteiger partial charge in [0.05, 0.1) is 0 Å². The van der Waals surface area contributed by atoms with Gasteiger partial charge in [-0.25, -0.2) is 8.42 Å². The molecule has 0 aromatic heterocycles. The second kappa shape index (κ2) is 8.39. The van der Waals surface area contributed by atoms with Gasteiger partial charge in [0.25, 0.3) is 0 Å². The highest BCUT2D eigenvalue weighted by atomic mass is 79.9. The van der Waals surface area contributed by atoms with Crippen LogP contribution in [0.5, 0.6) is 0 Å². The van der Waals surface area contributed by atoms with Gasteiger partial charge in [-0.1, -0.05) is 42.6 Å². The number of alkyl halides is 1. The van der Waals surface area contributed by atoms with Gasteiger partial charge in [0.15, 0.2) is 9.84 Å². The first kappa shape index (κ1) is 18.8. The summed E-state index contributed by atoms with van der Waals surface area (Å²) < 4.78 is 24.0. The molecule has 1 fully saturated rings. The molecule has 1 atom stereocenters. The summed E-state index contributed by atoms with van der Waals surface area (Å²) in [5, 5.41) is 0.662. The predicted molar refractivity (Wildman–Crippen MR) is 93.6 cm³/mol. The molecule has 0 amide bonds. The van der Waals surface area contributed by atoms with Gasteiger partial charge in [0.2, 0.25) is 0 Å². The van der Waals surface area contributed by atoms with E-state index in [1.165, 1.54) is 6.26 Å². The lowest BCUT2D eigenvalue weighted by Crippen LogP contribution is -2.51. The number of halogens is 1. The molecule has 1 rings (SSSR count). The lowest BCUT2D eigenvalue weighted by atomic mass is 9.80. The van der Waals surface area contributed by atoms with Crippen LogP contribution in [-0.2, 0) is 9.84 Å². The normalized spacial score (nSPS) is 22.1. The third-order valence-electron chi connectivity index (χ3n) is 4.07. The maximum atomic E-state index is 12.0. The average Bonchev–Trinajstić information content (AvgIpc) is 2.38. The Hall–Kier alpha value is 0.740. The van der Waals surface area contributed by atoms with E-state index in [-0.39, 0.29) is 10.8 Å². The van der Waals surface area contributed by atoms with Crippen molar-refractivity contribution in [2.45, 2.75) is 44.9 Å². The first-order valence-corrected chi connectivity index (χ1v) is 11.7. The van der Waals surface area contributed by atoms with Gasteiger partial charge in [-0.15, -0.1) is 0 Å². The Labute approximate surface area is 137 Å². The van der Waals surface area contributed by atoms with Crippen LogP contribution in [0.4, 0.5) is 0 Å². The summed E-state index contributed by atoms with van der Waals surface area (Å²) in [5.41, 5.74) is 0.217. The van der Waals surface area contributed by atoms with Crippen LogP contribution in [0.25, 0.3) is 0 Å². The van der Waals surface area contributed by atoms with Crippen molar-refractivity contribution < 1.29 is 8.42 Å². The van der Waals surface area contributed by atoms with Gasteiger partial charge in [-0.2, -0.15) is 11.8 Å².